The maximum Gasteiger partial charge on any atom is 0.318 e. The lowest BCUT2D eigenvalue weighted by Gasteiger charge is -2.10. The molecule has 2 aromatic rings. The first kappa shape index (κ1) is 11.6. The molecule has 2 aromatic carbocycles. The monoisotopic (exact) mass is 227 g/mol. The Morgan fingerprint density at radius 2 is 1.82 bits per heavy atom. The number of ether oxygens (including phenoxy) is 1. The fraction of sp³-hybridized carbons (Fsp3) is 0.200. The zero-order chi connectivity index (χ0) is 12.3. The summed E-state index contributed by atoms with van der Waals surface area (Å²) in [5.41, 5.74) is 0. The van der Waals surface area contributed by atoms with Gasteiger partial charge in [0.2, 0.25) is 0 Å². The number of carbonyl (C=O) groups excluding carboxylic acids is 1. The smallest absolute Gasteiger partial charge is 0.318 e. The lowest BCUT2D eigenvalue weighted by molar-refractivity contribution is -0.132. The third-order valence-electron chi connectivity index (χ3n) is 2.83. The number of hydrogen-bond acceptors (Lipinski definition) is 2. The highest BCUT2D eigenvalue weighted by atomic mass is 16.5. The van der Waals surface area contributed by atoms with E-state index in [2.05, 4.69) is 0 Å². The van der Waals surface area contributed by atoms with Crippen LogP contribution in [0.3, 0.4) is 0 Å². The van der Waals surface area contributed by atoms with Crippen LogP contribution in [-0.2, 0) is 4.79 Å². The Labute approximate surface area is 101 Å². The van der Waals surface area contributed by atoms with Crippen LogP contribution in [0.5, 0.6) is 5.75 Å². The van der Waals surface area contributed by atoms with E-state index in [-0.39, 0.29) is 5.97 Å². The van der Waals surface area contributed by atoms with Gasteiger partial charge in [0.1, 0.15) is 5.75 Å². The second kappa shape index (κ2) is 5.00. The highest BCUT2D eigenvalue weighted by molar-refractivity contribution is 5.93. The van der Waals surface area contributed by atoms with Gasteiger partial charge in [-0.15, -0.1) is 0 Å². The van der Waals surface area contributed by atoms with Crippen LogP contribution in [0, 0.1) is 5.92 Å². The fourth-order valence-electron chi connectivity index (χ4n) is 1.62. The summed E-state index contributed by atoms with van der Waals surface area (Å²) < 4.78 is 5.40. The Kier molecular flexibility index (Phi) is 3.43. The minimum absolute atomic E-state index is 0.246. The third-order valence-corrected chi connectivity index (χ3v) is 2.83. The van der Waals surface area contributed by atoms with E-state index in [0.717, 1.165) is 16.7 Å². The molecule has 0 N–H and O–H groups in total. The van der Waals surface area contributed by atoms with Crippen molar-refractivity contribution in [3.63, 3.8) is 0 Å². The molecule has 2 heteroatoms. The summed E-state index contributed by atoms with van der Waals surface area (Å²) in [5, 5.41) is 2.04. The molecule has 87 valence electrons. The summed E-state index contributed by atoms with van der Waals surface area (Å²) in [6.45, 7) is 3.74. The van der Waals surface area contributed by atoms with Crippen LogP contribution in [0.25, 0.3) is 10.8 Å². The van der Waals surface area contributed by atoms with Gasteiger partial charge in [0.25, 0.3) is 0 Å². The molecule has 0 atom stereocenters. The molecule has 0 saturated carbocycles. The van der Waals surface area contributed by atoms with Crippen LogP contribution >= 0.6 is 0 Å². The second-order valence-corrected chi connectivity index (χ2v) is 4.00. The van der Waals surface area contributed by atoms with Gasteiger partial charge < -0.3 is 4.74 Å². The quantitative estimate of drug-likeness (QED) is 0.589. The molecule has 2 nitrogen and oxygen atoms in total. The maximum atomic E-state index is 11.7. The summed E-state index contributed by atoms with van der Waals surface area (Å²) in [4.78, 5) is 11.7. The largest absolute Gasteiger partial charge is 0.425 e. The van der Waals surface area contributed by atoms with Gasteiger partial charge in [-0.05, 0) is 24.8 Å². The molecule has 17 heavy (non-hydrogen) atoms. The lowest BCUT2D eigenvalue weighted by atomic mass is 10.1. The number of carbonyl (C=O) groups is 1. The van der Waals surface area contributed by atoms with Gasteiger partial charge in [-0.25, -0.2) is 0 Å². The van der Waals surface area contributed by atoms with E-state index in [9.17, 15) is 4.79 Å². The average molecular weight is 227 g/mol. The van der Waals surface area contributed by atoms with Crippen LogP contribution in [0.15, 0.2) is 42.5 Å². The van der Waals surface area contributed by atoms with E-state index in [4.69, 9.17) is 4.74 Å². The standard InChI is InChI=1S/C15H15O2/c1-3-11(2)15(16)17-14-10-6-8-12-7-4-5-9-13(12)14/h4-10H,3H2,1-2H3. The van der Waals surface area contributed by atoms with Gasteiger partial charge in [-0.3, -0.25) is 4.79 Å². The van der Waals surface area contributed by atoms with Crippen molar-refractivity contribution in [3.8, 4) is 5.75 Å². The van der Waals surface area contributed by atoms with E-state index in [1.165, 1.54) is 0 Å². The molecular weight excluding hydrogens is 212 g/mol. The molecule has 0 fully saturated rings. The number of hydrogen-bond donors (Lipinski definition) is 0. The minimum atomic E-state index is -0.246. The summed E-state index contributed by atoms with van der Waals surface area (Å²) in [7, 11) is 0. The summed E-state index contributed by atoms with van der Waals surface area (Å²) in [6, 6.07) is 13.6. The molecule has 0 amide bonds. The van der Waals surface area contributed by atoms with E-state index < -0.39 is 0 Å². The van der Waals surface area contributed by atoms with Gasteiger partial charge in [0.15, 0.2) is 0 Å². The number of benzene rings is 2. The maximum absolute atomic E-state index is 11.7. The zero-order valence-electron chi connectivity index (χ0n) is 10.1. The van der Waals surface area contributed by atoms with E-state index >= 15 is 0 Å². The number of rotatable bonds is 3. The van der Waals surface area contributed by atoms with E-state index in [0.29, 0.717) is 12.2 Å². The molecule has 0 aliphatic carbocycles. The molecule has 0 bridgehead atoms. The van der Waals surface area contributed by atoms with Crippen LogP contribution < -0.4 is 4.74 Å². The van der Waals surface area contributed by atoms with Crippen LogP contribution in [0.4, 0.5) is 0 Å². The Balaban J connectivity index is 2.33. The molecule has 0 aliphatic rings. The van der Waals surface area contributed by atoms with Crippen molar-refractivity contribution in [3.05, 3.63) is 48.4 Å². The predicted octanol–water partition coefficient (Wildman–Crippen LogP) is 3.75. The predicted molar refractivity (Wildman–Crippen MR) is 68.8 cm³/mol. The molecule has 2 rings (SSSR count). The summed E-state index contributed by atoms with van der Waals surface area (Å²) in [6.07, 6.45) is 0.712. The minimum Gasteiger partial charge on any atom is -0.425 e. The highest BCUT2D eigenvalue weighted by Crippen LogP contribution is 2.26. The fourth-order valence-corrected chi connectivity index (χ4v) is 1.62. The highest BCUT2D eigenvalue weighted by Gasteiger charge is 2.14. The topological polar surface area (TPSA) is 26.3 Å². The van der Waals surface area contributed by atoms with Gasteiger partial charge >= 0.3 is 5.97 Å². The molecule has 0 heterocycles. The van der Waals surface area contributed by atoms with Crippen molar-refractivity contribution < 1.29 is 9.53 Å². The van der Waals surface area contributed by atoms with Crippen molar-refractivity contribution >= 4 is 16.7 Å². The van der Waals surface area contributed by atoms with Crippen molar-refractivity contribution in [2.45, 2.75) is 20.3 Å². The third kappa shape index (κ3) is 2.47. The van der Waals surface area contributed by atoms with Crippen molar-refractivity contribution in [1.29, 1.82) is 0 Å². The normalized spacial score (nSPS) is 10.8. The van der Waals surface area contributed by atoms with Crippen LogP contribution in [-0.4, -0.2) is 5.97 Å². The van der Waals surface area contributed by atoms with Crippen molar-refractivity contribution in [2.24, 2.45) is 0 Å². The van der Waals surface area contributed by atoms with Gasteiger partial charge in [-0.2, -0.15) is 0 Å². The first-order chi connectivity index (χ1) is 8.22. The molecule has 0 unspecified atom stereocenters. The molecule has 1 radical (unpaired) electrons. The Bertz CT molecular complexity index is 526. The SMILES string of the molecule is CC[C](C)C(=O)Oc1cccc2ccccc12. The van der Waals surface area contributed by atoms with E-state index in [1.807, 2.05) is 49.4 Å². The molecule has 0 aliphatic heterocycles. The Hall–Kier alpha value is -1.83. The Morgan fingerprint density at radius 1 is 1.12 bits per heavy atom. The lowest BCUT2D eigenvalue weighted by Crippen LogP contribution is -2.15. The Morgan fingerprint density at radius 3 is 2.59 bits per heavy atom. The first-order valence-corrected chi connectivity index (χ1v) is 5.74. The van der Waals surface area contributed by atoms with Crippen molar-refractivity contribution in [1.82, 2.24) is 0 Å². The van der Waals surface area contributed by atoms with Gasteiger partial charge in [0, 0.05) is 5.39 Å². The first-order valence-electron chi connectivity index (χ1n) is 5.74. The average Bonchev–Trinajstić information content (AvgIpc) is 2.38. The van der Waals surface area contributed by atoms with Crippen molar-refractivity contribution in [2.75, 3.05) is 0 Å². The van der Waals surface area contributed by atoms with Crippen LogP contribution in [0.2, 0.25) is 0 Å². The van der Waals surface area contributed by atoms with Crippen LogP contribution in [0.1, 0.15) is 20.3 Å². The molecule has 0 aromatic heterocycles. The molecular formula is C15H15O2. The summed E-state index contributed by atoms with van der Waals surface area (Å²) in [5.74, 6) is 1.11. The number of fused-ring (bicyclic) bond motifs is 1. The van der Waals surface area contributed by atoms with E-state index in [1.54, 1.807) is 6.92 Å². The summed E-state index contributed by atoms with van der Waals surface area (Å²) >= 11 is 0. The second-order valence-electron chi connectivity index (χ2n) is 4.00. The zero-order valence-corrected chi connectivity index (χ0v) is 10.1. The molecule has 0 spiro atoms. The van der Waals surface area contributed by atoms with Gasteiger partial charge in [0.05, 0.1) is 5.92 Å². The molecule has 0 saturated heterocycles. The van der Waals surface area contributed by atoms with Gasteiger partial charge in [-0.1, -0.05) is 43.3 Å². The number of esters is 1.